The Morgan fingerprint density at radius 2 is 1.82 bits per heavy atom. The number of hydrogen-bond acceptors (Lipinski definition) is 12. The third-order valence-electron chi connectivity index (χ3n) is 4.50. The fourth-order valence-corrected chi connectivity index (χ4v) is 3.84. The molecule has 0 radical (unpaired) electrons. The second-order valence-corrected chi connectivity index (χ2v) is 7.54. The first-order valence-corrected chi connectivity index (χ1v) is 10.5. The van der Waals surface area contributed by atoms with E-state index in [1.165, 1.54) is 32.2 Å². The first-order chi connectivity index (χ1) is 16.4. The van der Waals surface area contributed by atoms with Crippen LogP contribution in [0.4, 0.5) is 11.7 Å². The Morgan fingerprint density at radius 3 is 2.32 bits per heavy atom. The molecule has 12 nitrogen and oxygen atoms in total. The van der Waals surface area contributed by atoms with Gasteiger partial charge in [-0.1, -0.05) is 16.4 Å². The molecular weight excluding hydrogens is 462 g/mol. The van der Waals surface area contributed by atoms with E-state index in [4.69, 9.17) is 24.5 Å². The number of aromatic nitrogens is 3. The lowest BCUT2D eigenvalue weighted by atomic mass is 9.96. The van der Waals surface area contributed by atoms with Crippen molar-refractivity contribution in [3.8, 4) is 40.5 Å². The molecule has 0 atom stereocenters. The summed E-state index contributed by atoms with van der Waals surface area (Å²) in [5, 5.41) is 35.7. The number of nitrogens with two attached hydrogens (primary N) is 1. The van der Waals surface area contributed by atoms with Crippen molar-refractivity contribution in [2.75, 3.05) is 32.8 Å². The second kappa shape index (κ2) is 10.4. The third-order valence-corrected chi connectivity index (χ3v) is 5.46. The molecule has 2 aromatic heterocycles. The summed E-state index contributed by atoms with van der Waals surface area (Å²) in [4.78, 5) is 7.98. The van der Waals surface area contributed by atoms with Gasteiger partial charge in [0.1, 0.15) is 28.5 Å². The highest BCUT2D eigenvalue weighted by atomic mass is 32.2. The van der Waals surface area contributed by atoms with Gasteiger partial charge >= 0.3 is 5.88 Å². The van der Waals surface area contributed by atoms with Crippen LogP contribution in [0.3, 0.4) is 0 Å². The number of pyridine rings is 1. The number of anilines is 1. The lowest BCUT2D eigenvalue weighted by Crippen LogP contribution is -2.27. The number of ether oxygens (including phenoxy) is 3. The van der Waals surface area contributed by atoms with Crippen LogP contribution in [-0.4, -0.2) is 43.2 Å². The Labute approximate surface area is 198 Å². The summed E-state index contributed by atoms with van der Waals surface area (Å²) in [6.07, 6.45) is 1.43. The number of nitrogen functional groups attached to an aromatic ring is 1. The fourth-order valence-electron chi connectivity index (χ4n) is 3.06. The van der Waals surface area contributed by atoms with Gasteiger partial charge in [-0.3, -0.25) is 4.52 Å². The van der Waals surface area contributed by atoms with E-state index in [0.29, 0.717) is 22.8 Å². The van der Waals surface area contributed by atoms with Crippen LogP contribution >= 0.6 is 11.8 Å². The van der Waals surface area contributed by atoms with E-state index in [9.17, 15) is 15.6 Å². The number of nitriles is 2. The molecule has 0 unspecified atom stereocenters. The molecule has 0 aliphatic carbocycles. The largest absolute Gasteiger partial charge is 0.861 e. The zero-order valence-corrected chi connectivity index (χ0v) is 19.5. The summed E-state index contributed by atoms with van der Waals surface area (Å²) in [6.45, 7) is 0. The Kier molecular flexibility index (Phi) is 7.40. The van der Waals surface area contributed by atoms with Crippen LogP contribution in [0.25, 0.3) is 11.1 Å². The normalized spacial score (nSPS) is 10.9. The lowest BCUT2D eigenvalue weighted by Gasteiger charge is -2.17. The second-order valence-electron chi connectivity index (χ2n) is 6.57. The van der Waals surface area contributed by atoms with Gasteiger partial charge in [0.2, 0.25) is 5.75 Å². The Hall–Kier alpha value is -4.49. The number of aryl methyl sites for hydroxylation is 1. The zero-order chi connectivity index (χ0) is 24.8. The van der Waals surface area contributed by atoms with E-state index in [0.717, 1.165) is 11.8 Å². The molecule has 1 aromatic carbocycles. The molecule has 2 N–H and O–H groups in total. The number of benzene rings is 1. The molecule has 0 saturated carbocycles. The molecule has 0 aliphatic heterocycles. The zero-order valence-electron chi connectivity index (χ0n) is 18.6. The SMILES string of the molecule is COc1cc(-c2c(C#N)c(N)nc(SC/C([O-])=N/c3c[n+](C)no3)c2C#N)cc(OC)c1OC. The molecule has 0 aliphatic rings. The number of thioether (sulfide) groups is 1. The molecule has 0 spiro atoms. The van der Waals surface area contributed by atoms with Gasteiger partial charge in [-0.2, -0.15) is 10.5 Å². The molecule has 3 aromatic rings. The standard InChI is InChI=1S/C21H19N7O5S/c1-28-9-17(33-27-28)25-16(29)10-34-21-13(8-23)18(12(7-22)20(24)26-21)11-5-14(30-2)19(32-4)15(6-11)31-3/h5-6,9H,10H2,1-4H3,(H2-,24,25,26,27,29). The van der Waals surface area contributed by atoms with Crippen molar-refractivity contribution < 1.29 is 28.5 Å². The van der Waals surface area contributed by atoms with Crippen LogP contribution < -0.4 is 29.7 Å². The van der Waals surface area contributed by atoms with E-state index >= 15 is 0 Å². The summed E-state index contributed by atoms with van der Waals surface area (Å²) in [7, 11) is 5.98. The van der Waals surface area contributed by atoms with Crippen LogP contribution in [0.2, 0.25) is 0 Å². The lowest BCUT2D eigenvalue weighted by molar-refractivity contribution is -0.739. The minimum absolute atomic E-state index is 0.000321. The number of nitrogens with zero attached hydrogens (tertiary/aromatic N) is 6. The maximum Gasteiger partial charge on any atom is 0.320 e. The highest BCUT2D eigenvalue weighted by Crippen LogP contribution is 2.44. The molecule has 2 heterocycles. The van der Waals surface area contributed by atoms with Crippen LogP contribution in [-0.2, 0) is 7.05 Å². The number of aliphatic imine (C=N–C) groups is 1. The molecule has 13 heteroatoms. The minimum atomic E-state index is -0.537. The van der Waals surface area contributed by atoms with Crippen molar-refractivity contribution in [3.63, 3.8) is 0 Å². The van der Waals surface area contributed by atoms with Crippen LogP contribution in [0.15, 0.2) is 32.9 Å². The van der Waals surface area contributed by atoms with Gasteiger partial charge in [0, 0.05) is 11.3 Å². The van der Waals surface area contributed by atoms with Crippen LogP contribution in [0.5, 0.6) is 17.2 Å². The fraction of sp³-hybridized carbons (Fsp3) is 0.238. The predicted molar refractivity (Wildman–Crippen MR) is 119 cm³/mol. The van der Waals surface area contributed by atoms with Crippen molar-refractivity contribution >= 4 is 29.4 Å². The van der Waals surface area contributed by atoms with Gasteiger partial charge in [-0.15, -0.1) is 0 Å². The molecule has 3 rings (SSSR count). The van der Waals surface area contributed by atoms with Crippen molar-refractivity contribution in [2.24, 2.45) is 12.0 Å². The monoisotopic (exact) mass is 481 g/mol. The van der Waals surface area contributed by atoms with Crippen molar-refractivity contribution in [1.29, 1.82) is 10.5 Å². The quantitative estimate of drug-likeness (QED) is 0.211. The highest BCUT2D eigenvalue weighted by Gasteiger charge is 2.23. The summed E-state index contributed by atoms with van der Waals surface area (Å²) in [6, 6.07) is 7.26. The summed E-state index contributed by atoms with van der Waals surface area (Å²) in [5.74, 6) is 0.233. The van der Waals surface area contributed by atoms with Gasteiger partial charge in [-0.25, -0.2) is 9.98 Å². The van der Waals surface area contributed by atoms with E-state index in [1.807, 2.05) is 6.07 Å². The molecule has 174 valence electrons. The van der Waals surface area contributed by atoms with Gasteiger partial charge < -0.3 is 25.1 Å². The Bertz CT molecular complexity index is 1320. The maximum absolute atomic E-state index is 12.3. The van der Waals surface area contributed by atoms with Crippen molar-refractivity contribution in [2.45, 2.75) is 5.03 Å². The smallest absolute Gasteiger partial charge is 0.320 e. The third kappa shape index (κ3) is 4.79. The van der Waals surface area contributed by atoms with Crippen LogP contribution in [0.1, 0.15) is 11.1 Å². The van der Waals surface area contributed by atoms with E-state index < -0.39 is 5.90 Å². The van der Waals surface area contributed by atoms with E-state index in [1.54, 1.807) is 19.2 Å². The number of hydrogen-bond donors (Lipinski definition) is 1. The van der Waals surface area contributed by atoms with Crippen molar-refractivity contribution in [1.82, 2.24) is 10.3 Å². The molecule has 0 fully saturated rings. The first kappa shape index (κ1) is 24.2. The molecule has 34 heavy (non-hydrogen) atoms. The van der Waals surface area contributed by atoms with Crippen molar-refractivity contribution in [3.05, 3.63) is 29.5 Å². The first-order valence-electron chi connectivity index (χ1n) is 9.50. The van der Waals surface area contributed by atoms with E-state index in [-0.39, 0.29) is 39.2 Å². The van der Waals surface area contributed by atoms with Gasteiger partial charge in [0.05, 0.1) is 26.9 Å². The molecule has 0 saturated heterocycles. The number of methoxy groups -OCH3 is 3. The molecule has 0 bridgehead atoms. The van der Waals surface area contributed by atoms with Crippen LogP contribution in [0, 0.1) is 22.7 Å². The predicted octanol–water partition coefficient (Wildman–Crippen LogP) is 1.10. The van der Waals surface area contributed by atoms with E-state index in [2.05, 4.69) is 21.3 Å². The summed E-state index contributed by atoms with van der Waals surface area (Å²) < 4.78 is 22.4. The topological polar surface area (TPSA) is 180 Å². The maximum atomic E-state index is 12.3. The Balaban J connectivity index is 2.11. The summed E-state index contributed by atoms with van der Waals surface area (Å²) in [5.41, 5.74) is 6.75. The van der Waals surface area contributed by atoms with Gasteiger partial charge in [-0.05, 0) is 23.6 Å². The minimum Gasteiger partial charge on any atom is -0.861 e. The molecular formula is C21H19N7O5S. The van der Waals surface area contributed by atoms with Gasteiger partial charge in [0.25, 0.3) is 6.20 Å². The highest BCUT2D eigenvalue weighted by molar-refractivity contribution is 8.00. The number of rotatable bonds is 8. The average Bonchev–Trinajstić information content (AvgIpc) is 3.25. The van der Waals surface area contributed by atoms with Gasteiger partial charge in [0.15, 0.2) is 23.8 Å². The average molecular weight is 481 g/mol. The Morgan fingerprint density at radius 1 is 1.18 bits per heavy atom. The summed E-state index contributed by atoms with van der Waals surface area (Å²) >= 11 is 0.953. The molecule has 0 amide bonds.